The summed E-state index contributed by atoms with van der Waals surface area (Å²) in [4.78, 5) is 0. The predicted octanol–water partition coefficient (Wildman–Crippen LogP) is 10.8. The average molecular weight is 512 g/mol. The molecule has 1 N–H and O–H groups in total. The van der Waals surface area contributed by atoms with Gasteiger partial charge < -0.3 is 5.32 Å². The molecule has 0 spiro atoms. The van der Waals surface area contributed by atoms with Crippen LogP contribution in [0.25, 0.3) is 54.9 Å². The van der Waals surface area contributed by atoms with Crippen molar-refractivity contribution >= 4 is 60.6 Å². The fourth-order valence-corrected chi connectivity index (χ4v) is 5.75. The second-order valence-corrected chi connectivity index (χ2v) is 10.4. The minimum absolute atomic E-state index is 1.07. The van der Waals surface area contributed by atoms with E-state index in [1.54, 1.807) is 0 Å². The van der Waals surface area contributed by atoms with Gasteiger partial charge in [0.25, 0.3) is 0 Å². The second kappa shape index (κ2) is 10.2. The summed E-state index contributed by atoms with van der Waals surface area (Å²) in [5.74, 6) is 0. The summed E-state index contributed by atoms with van der Waals surface area (Å²) in [6.45, 7) is 2.12. The second-order valence-electron chi connectivity index (χ2n) is 10.4. The molecular formula is C39H29N. The van der Waals surface area contributed by atoms with Crippen molar-refractivity contribution in [2.24, 2.45) is 0 Å². The molecule has 7 aromatic rings. The number of hydrogen-bond acceptors (Lipinski definition) is 1. The third-order valence-corrected chi connectivity index (χ3v) is 7.71. The fourth-order valence-electron chi connectivity index (χ4n) is 5.75. The van der Waals surface area contributed by atoms with E-state index in [0.717, 1.165) is 11.4 Å². The molecule has 0 aromatic heterocycles. The lowest BCUT2D eigenvalue weighted by Crippen LogP contribution is -2.01. The zero-order valence-electron chi connectivity index (χ0n) is 22.4. The van der Waals surface area contributed by atoms with Gasteiger partial charge >= 0.3 is 0 Å². The highest BCUT2D eigenvalue weighted by atomic mass is 14.9. The first-order chi connectivity index (χ1) is 19.7. The standard InChI is InChI=1S/C39H29N/c1-27-21-23-32(24-22-27)40-38(39-35-17-8-4-13-30(35)26-31-14-5-9-18-36(31)39)20-10-19-37-33-15-6-2-11-28(33)25-29-12-3-7-16-34(29)37/h2-26,40H,1H3/b19-10+,38-20-. The molecule has 0 fully saturated rings. The molecule has 0 unspecified atom stereocenters. The van der Waals surface area contributed by atoms with Gasteiger partial charge in [-0.3, -0.25) is 0 Å². The Labute approximate surface area is 234 Å². The quantitative estimate of drug-likeness (QED) is 0.179. The number of benzene rings is 7. The number of rotatable bonds is 5. The molecular weight excluding hydrogens is 482 g/mol. The van der Waals surface area contributed by atoms with Crippen LogP contribution in [0.5, 0.6) is 0 Å². The first-order valence-electron chi connectivity index (χ1n) is 13.8. The van der Waals surface area contributed by atoms with E-state index in [9.17, 15) is 0 Å². The lowest BCUT2D eigenvalue weighted by atomic mass is 9.94. The molecule has 0 heterocycles. The van der Waals surface area contributed by atoms with Gasteiger partial charge in [0.05, 0.1) is 0 Å². The Kier molecular flexibility index (Phi) is 6.11. The molecule has 40 heavy (non-hydrogen) atoms. The maximum atomic E-state index is 3.78. The number of aryl methyl sites for hydroxylation is 1. The third-order valence-electron chi connectivity index (χ3n) is 7.71. The van der Waals surface area contributed by atoms with E-state index in [1.165, 1.54) is 59.8 Å². The number of nitrogens with one attached hydrogen (secondary N) is 1. The lowest BCUT2D eigenvalue weighted by molar-refractivity contribution is 1.46. The first-order valence-corrected chi connectivity index (χ1v) is 13.8. The van der Waals surface area contributed by atoms with E-state index >= 15 is 0 Å². The summed E-state index contributed by atoms with van der Waals surface area (Å²) >= 11 is 0. The number of anilines is 1. The molecule has 190 valence electrons. The number of hydrogen-bond donors (Lipinski definition) is 1. The minimum atomic E-state index is 1.07. The third kappa shape index (κ3) is 4.42. The van der Waals surface area contributed by atoms with Crippen molar-refractivity contribution in [1.82, 2.24) is 0 Å². The topological polar surface area (TPSA) is 12.0 Å². The molecule has 0 amide bonds. The van der Waals surface area contributed by atoms with Crippen molar-refractivity contribution in [3.63, 3.8) is 0 Å². The maximum Gasteiger partial charge on any atom is 0.0470 e. The van der Waals surface area contributed by atoms with E-state index in [1.807, 2.05) is 0 Å². The molecule has 1 heteroatoms. The summed E-state index contributed by atoms with van der Waals surface area (Å²) < 4.78 is 0. The molecule has 0 atom stereocenters. The Bertz CT molecular complexity index is 1970. The molecule has 7 aromatic carbocycles. The Morgan fingerprint density at radius 3 is 1.50 bits per heavy atom. The highest BCUT2D eigenvalue weighted by molar-refractivity contribution is 6.11. The molecule has 0 saturated carbocycles. The van der Waals surface area contributed by atoms with Crippen LogP contribution < -0.4 is 5.32 Å². The SMILES string of the molecule is Cc1ccc(N/C(=C\C=C\c2c3ccccc3cc3ccccc23)c2c3ccccc3cc3ccccc23)cc1. The van der Waals surface area contributed by atoms with Gasteiger partial charge in [0, 0.05) is 16.9 Å². The van der Waals surface area contributed by atoms with Gasteiger partial charge in [0.15, 0.2) is 0 Å². The van der Waals surface area contributed by atoms with Crippen molar-refractivity contribution in [3.05, 3.63) is 162 Å². The zero-order chi connectivity index (χ0) is 26.9. The van der Waals surface area contributed by atoms with Crippen molar-refractivity contribution < 1.29 is 0 Å². The van der Waals surface area contributed by atoms with Crippen LogP contribution in [0.4, 0.5) is 5.69 Å². The summed E-state index contributed by atoms with van der Waals surface area (Å²) in [6, 6.07) is 47.8. The molecule has 0 aliphatic heterocycles. The Morgan fingerprint density at radius 1 is 0.525 bits per heavy atom. The van der Waals surface area contributed by atoms with Crippen molar-refractivity contribution in [3.8, 4) is 0 Å². The van der Waals surface area contributed by atoms with Crippen LogP contribution in [-0.4, -0.2) is 0 Å². The normalized spacial score (nSPS) is 12.2. The van der Waals surface area contributed by atoms with E-state index in [0.29, 0.717) is 0 Å². The predicted molar refractivity (Wildman–Crippen MR) is 175 cm³/mol. The van der Waals surface area contributed by atoms with Gasteiger partial charge in [-0.2, -0.15) is 0 Å². The van der Waals surface area contributed by atoms with Crippen molar-refractivity contribution in [1.29, 1.82) is 0 Å². The molecule has 7 rings (SSSR count). The van der Waals surface area contributed by atoms with Crippen LogP contribution in [0.2, 0.25) is 0 Å². The highest BCUT2D eigenvalue weighted by Gasteiger charge is 2.12. The summed E-state index contributed by atoms with van der Waals surface area (Å²) in [5, 5.41) is 13.7. The monoisotopic (exact) mass is 511 g/mol. The highest BCUT2D eigenvalue weighted by Crippen LogP contribution is 2.35. The van der Waals surface area contributed by atoms with Gasteiger partial charge in [-0.05, 0) is 85.9 Å². The Morgan fingerprint density at radius 2 is 0.975 bits per heavy atom. The summed E-state index contributed by atoms with van der Waals surface area (Å²) in [5.41, 5.74) is 5.83. The summed E-state index contributed by atoms with van der Waals surface area (Å²) in [7, 11) is 0. The Balaban J connectivity index is 1.45. The molecule has 0 aliphatic carbocycles. The molecule has 0 aliphatic rings. The largest absolute Gasteiger partial charge is 0.355 e. The molecule has 1 nitrogen and oxygen atoms in total. The number of allylic oxidation sites excluding steroid dienone is 2. The maximum absolute atomic E-state index is 3.78. The first kappa shape index (κ1) is 23.9. The van der Waals surface area contributed by atoms with Crippen LogP contribution in [0.1, 0.15) is 16.7 Å². The molecule has 0 bridgehead atoms. The van der Waals surface area contributed by atoms with Gasteiger partial charge in [0.1, 0.15) is 0 Å². The Hall–Kier alpha value is -5.14. The van der Waals surface area contributed by atoms with Crippen LogP contribution >= 0.6 is 0 Å². The van der Waals surface area contributed by atoms with E-state index in [2.05, 4.69) is 164 Å². The van der Waals surface area contributed by atoms with Gasteiger partial charge in [-0.15, -0.1) is 0 Å². The average Bonchev–Trinajstić information content (AvgIpc) is 3.00. The molecule has 0 radical (unpaired) electrons. The lowest BCUT2D eigenvalue weighted by Gasteiger charge is -2.17. The van der Waals surface area contributed by atoms with Gasteiger partial charge in [0.2, 0.25) is 0 Å². The van der Waals surface area contributed by atoms with Crippen LogP contribution in [0.15, 0.2) is 146 Å². The zero-order valence-corrected chi connectivity index (χ0v) is 22.4. The van der Waals surface area contributed by atoms with E-state index in [4.69, 9.17) is 0 Å². The van der Waals surface area contributed by atoms with Gasteiger partial charge in [-0.25, -0.2) is 0 Å². The van der Waals surface area contributed by atoms with Crippen LogP contribution in [0, 0.1) is 6.92 Å². The smallest absolute Gasteiger partial charge is 0.0470 e. The van der Waals surface area contributed by atoms with Crippen molar-refractivity contribution in [2.75, 3.05) is 5.32 Å². The van der Waals surface area contributed by atoms with Crippen LogP contribution in [0.3, 0.4) is 0 Å². The van der Waals surface area contributed by atoms with Crippen molar-refractivity contribution in [2.45, 2.75) is 6.92 Å². The number of fused-ring (bicyclic) bond motifs is 4. The summed E-state index contributed by atoms with van der Waals surface area (Å²) in [6.07, 6.45) is 6.68. The fraction of sp³-hybridized carbons (Fsp3) is 0.0256. The molecule has 0 saturated heterocycles. The van der Waals surface area contributed by atoms with E-state index in [-0.39, 0.29) is 0 Å². The van der Waals surface area contributed by atoms with E-state index < -0.39 is 0 Å². The van der Waals surface area contributed by atoms with Crippen LogP contribution in [-0.2, 0) is 0 Å². The van der Waals surface area contributed by atoms with Gasteiger partial charge in [-0.1, -0.05) is 127 Å². The minimum Gasteiger partial charge on any atom is -0.355 e.